The zero-order chi connectivity index (χ0) is 13.7. The van der Waals surface area contributed by atoms with Gasteiger partial charge in [-0.25, -0.2) is 0 Å². The molecule has 1 aromatic rings. The third kappa shape index (κ3) is 4.29. The van der Waals surface area contributed by atoms with Gasteiger partial charge in [-0.05, 0) is 57.9 Å². The van der Waals surface area contributed by atoms with Crippen LogP contribution in [0.1, 0.15) is 33.1 Å². The Balaban J connectivity index is 1.97. The second-order valence-electron chi connectivity index (χ2n) is 5.15. The van der Waals surface area contributed by atoms with Crippen molar-refractivity contribution in [2.75, 3.05) is 18.5 Å². The lowest BCUT2D eigenvalue weighted by molar-refractivity contribution is 0.341. The number of hydrogen-bond acceptors (Lipinski definition) is 3. The Hall–Kier alpha value is -0.930. The molecule has 1 heterocycles. The Morgan fingerprint density at radius 2 is 2.37 bits per heavy atom. The first kappa shape index (κ1) is 14.5. The van der Waals surface area contributed by atoms with Crippen molar-refractivity contribution in [3.8, 4) is 5.75 Å². The highest BCUT2D eigenvalue weighted by Crippen LogP contribution is 2.29. The molecule has 0 saturated carbocycles. The average molecular weight is 283 g/mol. The largest absolute Gasteiger partial charge is 0.492 e. The van der Waals surface area contributed by atoms with Crippen molar-refractivity contribution in [3.05, 3.63) is 23.2 Å². The van der Waals surface area contributed by atoms with E-state index in [1.54, 1.807) is 0 Å². The van der Waals surface area contributed by atoms with Crippen LogP contribution in [0.15, 0.2) is 18.2 Å². The molecule has 1 fully saturated rings. The second-order valence-corrected chi connectivity index (χ2v) is 5.58. The summed E-state index contributed by atoms with van der Waals surface area (Å²) in [6.07, 6.45) is 3.69. The number of ether oxygens (including phenoxy) is 1. The molecule has 4 heteroatoms. The van der Waals surface area contributed by atoms with E-state index < -0.39 is 0 Å². The summed E-state index contributed by atoms with van der Waals surface area (Å²) in [7, 11) is 0. The summed E-state index contributed by atoms with van der Waals surface area (Å²) in [6.45, 7) is 6.01. The van der Waals surface area contributed by atoms with Gasteiger partial charge in [0.15, 0.2) is 0 Å². The first-order valence-corrected chi connectivity index (χ1v) is 7.49. The zero-order valence-corrected chi connectivity index (χ0v) is 12.5. The fraction of sp³-hybridized carbons (Fsp3) is 0.600. The predicted molar refractivity (Wildman–Crippen MR) is 81.3 cm³/mol. The summed E-state index contributed by atoms with van der Waals surface area (Å²) in [5.74, 6) is 0.873. The van der Waals surface area contributed by atoms with Crippen molar-refractivity contribution < 1.29 is 4.74 Å². The van der Waals surface area contributed by atoms with Gasteiger partial charge >= 0.3 is 0 Å². The lowest BCUT2D eigenvalue weighted by Crippen LogP contribution is -2.29. The summed E-state index contributed by atoms with van der Waals surface area (Å²) < 4.78 is 5.63. The van der Waals surface area contributed by atoms with Crippen molar-refractivity contribution in [2.45, 2.75) is 45.2 Å². The molecule has 0 bridgehead atoms. The first-order chi connectivity index (χ1) is 9.19. The molecular formula is C15H23ClN2O. The fourth-order valence-corrected chi connectivity index (χ4v) is 2.78. The molecule has 2 N–H and O–H groups in total. The van der Waals surface area contributed by atoms with Crippen molar-refractivity contribution in [1.82, 2.24) is 5.32 Å². The molecule has 1 aliphatic rings. The van der Waals surface area contributed by atoms with E-state index in [4.69, 9.17) is 16.3 Å². The van der Waals surface area contributed by atoms with Crippen molar-refractivity contribution >= 4 is 17.3 Å². The van der Waals surface area contributed by atoms with E-state index >= 15 is 0 Å². The number of anilines is 1. The normalized spacial score (nSPS) is 20.3. The first-order valence-electron chi connectivity index (χ1n) is 7.11. The minimum atomic E-state index is 0.397. The highest BCUT2D eigenvalue weighted by atomic mass is 35.5. The Bertz CT molecular complexity index is 405. The van der Waals surface area contributed by atoms with Crippen LogP contribution in [-0.4, -0.2) is 25.2 Å². The van der Waals surface area contributed by atoms with Crippen molar-refractivity contribution in [1.29, 1.82) is 0 Å². The topological polar surface area (TPSA) is 33.3 Å². The molecule has 2 unspecified atom stereocenters. The van der Waals surface area contributed by atoms with Gasteiger partial charge < -0.3 is 15.4 Å². The quantitative estimate of drug-likeness (QED) is 0.835. The SMILES string of the molecule is CCOc1ccc(Cl)cc1NC(C)CC1CCCN1. The highest BCUT2D eigenvalue weighted by Gasteiger charge is 2.17. The number of benzene rings is 1. The van der Waals surface area contributed by atoms with Crippen molar-refractivity contribution in [2.24, 2.45) is 0 Å². The van der Waals surface area contributed by atoms with E-state index in [0.717, 1.165) is 29.4 Å². The van der Waals surface area contributed by atoms with E-state index in [2.05, 4.69) is 17.6 Å². The lowest BCUT2D eigenvalue weighted by atomic mass is 10.1. The molecule has 0 spiro atoms. The van der Waals surface area contributed by atoms with E-state index in [-0.39, 0.29) is 0 Å². The van der Waals surface area contributed by atoms with Crippen LogP contribution < -0.4 is 15.4 Å². The summed E-state index contributed by atoms with van der Waals surface area (Å²) in [4.78, 5) is 0. The molecule has 1 aromatic carbocycles. The molecule has 1 saturated heterocycles. The molecule has 19 heavy (non-hydrogen) atoms. The average Bonchev–Trinajstić information content (AvgIpc) is 2.85. The number of halogens is 1. The molecule has 2 rings (SSSR count). The number of hydrogen-bond donors (Lipinski definition) is 2. The minimum Gasteiger partial charge on any atom is -0.492 e. The summed E-state index contributed by atoms with van der Waals surface area (Å²) in [5, 5.41) is 7.77. The van der Waals surface area contributed by atoms with E-state index in [1.807, 2.05) is 25.1 Å². The van der Waals surface area contributed by atoms with Gasteiger partial charge in [-0.2, -0.15) is 0 Å². The van der Waals surface area contributed by atoms with Gasteiger partial charge in [-0.3, -0.25) is 0 Å². The van der Waals surface area contributed by atoms with Gasteiger partial charge in [0.1, 0.15) is 5.75 Å². The molecule has 3 nitrogen and oxygen atoms in total. The summed E-state index contributed by atoms with van der Waals surface area (Å²) in [5.41, 5.74) is 0.986. The molecule has 0 amide bonds. The van der Waals surface area contributed by atoms with Crippen LogP contribution in [-0.2, 0) is 0 Å². The van der Waals surface area contributed by atoms with Gasteiger partial charge in [0.2, 0.25) is 0 Å². The molecule has 0 aliphatic carbocycles. The Kier molecular flexibility index (Phi) is 5.34. The van der Waals surface area contributed by atoms with Gasteiger partial charge in [-0.15, -0.1) is 0 Å². The molecule has 0 radical (unpaired) electrons. The van der Waals surface area contributed by atoms with Crippen LogP contribution in [0.3, 0.4) is 0 Å². The van der Waals surface area contributed by atoms with Crippen LogP contribution in [0.25, 0.3) is 0 Å². The van der Waals surface area contributed by atoms with Gasteiger partial charge in [0.25, 0.3) is 0 Å². The number of rotatable bonds is 6. The highest BCUT2D eigenvalue weighted by molar-refractivity contribution is 6.30. The lowest BCUT2D eigenvalue weighted by Gasteiger charge is -2.21. The van der Waals surface area contributed by atoms with Crippen LogP contribution in [0, 0.1) is 0 Å². The van der Waals surface area contributed by atoms with E-state index in [9.17, 15) is 0 Å². The third-order valence-electron chi connectivity index (χ3n) is 3.44. The van der Waals surface area contributed by atoms with Gasteiger partial charge in [0.05, 0.1) is 12.3 Å². The Labute approximate surface area is 120 Å². The van der Waals surface area contributed by atoms with E-state index in [1.165, 1.54) is 12.8 Å². The minimum absolute atomic E-state index is 0.397. The fourth-order valence-electron chi connectivity index (χ4n) is 2.61. The van der Waals surface area contributed by atoms with Crippen LogP contribution in [0.2, 0.25) is 5.02 Å². The standard InChI is InChI=1S/C15H23ClN2O/c1-3-19-15-7-6-12(16)10-14(15)18-11(2)9-13-5-4-8-17-13/h6-7,10-11,13,17-18H,3-5,8-9H2,1-2H3. The molecule has 106 valence electrons. The summed E-state index contributed by atoms with van der Waals surface area (Å²) in [6, 6.07) is 6.76. The smallest absolute Gasteiger partial charge is 0.142 e. The van der Waals surface area contributed by atoms with E-state index in [0.29, 0.717) is 18.7 Å². The zero-order valence-electron chi connectivity index (χ0n) is 11.7. The second kappa shape index (κ2) is 7.01. The molecule has 1 aliphatic heterocycles. The molecular weight excluding hydrogens is 260 g/mol. The maximum atomic E-state index is 6.06. The monoisotopic (exact) mass is 282 g/mol. The summed E-state index contributed by atoms with van der Waals surface area (Å²) >= 11 is 6.06. The van der Waals surface area contributed by atoms with Crippen LogP contribution in [0.5, 0.6) is 5.75 Å². The van der Waals surface area contributed by atoms with Crippen LogP contribution in [0.4, 0.5) is 5.69 Å². The number of nitrogens with one attached hydrogen (secondary N) is 2. The van der Waals surface area contributed by atoms with Gasteiger partial charge in [0, 0.05) is 17.1 Å². The third-order valence-corrected chi connectivity index (χ3v) is 3.68. The van der Waals surface area contributed by atoms with Gasteiger partial charge in [-0.1, -0.05) is 11.6 Å². The van der Waals surface area contributed by atoms with Crippen LogP contribution >= 0.6 is 11.6 Å². The molecule has 2 atom stereocenters. The Morgan fingerprint density at radius 3 is 3.05 bits per heavy atom. The molecule has 0 aromatic heterocycles. The predicted octanol–water partition coefficient (Wildman–Crippen LogP) is 3.68. The van der Waals surface area contributed by atoms with Crippen molar-refractivity contribution in [3.63, 3.8) is 0 Å². The maximum absolute atomic E-state index is 6.06. The Morgan fingerprint density at radius 1 is 1.53 bits per heavy atom. The maximum Gasteiger partial charge on any atom is 0.142 e.